The summed E-state index contributed by atoms with van der Waals surface area (Å²) in [5.74, 6) is 0.742. The summed E-state index contributed by atoms with van der Waals surface area (Å²) in [6.07, 6.45) is 4.39. The predicted octanol–water partition coefficient (Wildman–Crippen LogP) is 4.29. The van der Waals surface area contributed by atoms with Crippen molar-refractivity contribution < 1.29 is 9.53 Å². The molecule has 0 N–H and O–H groups in total. The van der Waals surface area contributed by atoms with Crippen molar-refractivity contribution in [3.8, 4) is 5.75 Å². The fraction of sp³-hybridized carbons (Fsp3) is 0.588. The minimum Gasteiger partial charge on any atom is -0.478 e. The molecule has 1 heterocycles. The largest absolute Gasteiger partial charge is 0.478 e. The van der Waals surface area contributed by atoms with Crippen LogP contribution in [-0.4, -0.2) is 29.0 Å². The lowest BCUT2D eigenvalue weighted by molar-refractivity contribution is -0.149. The van der Waals surface area contributed by atoms with Gasteiger partial charge in [0.1, 0.15) is 5.75 Å². The fourth-order valence-corrected chi connectivity index (χ4v) is 3.01. The monoisotopic (exact) mass is 309 g/mol. The molecule has 2 rings (SSSR count). The Bertz CT molecular complexity index is 484. The highest BCUT2D eigenvalue weighted by Gasteiger charge is 2.37. The van der Waals surface area contributed by atoms with Crippen LogP contribution in [0.15, 0.2) is 24.3 Å². The van der Waals surface area contributed by atoms with Crippen molar-refractivity contribution in [2.45, 2.75) is 58.1 Å². The molecule has 0 unspecified atom stereocenters. The van der Waals surface area contributed by atoms with Crippen LogP contribution in [0.1, 0.15) is 46.5 Å². The topological polar surface area (TPSA) is 29.5 Å². The zero-order valence-corrected chi connectivity index (χ0v) is 13.8. The third-order valence-corrected chi connectivity index (χ3v) is 4.31. The van der Waals surface area contributed by atoms with Crippen LogP contribution in [0.5, 0.6) is 5.75 Å². The lowest BCUT2D eigenvalue weighted by Crippen LogP contribution is -2.54. The maximum absolute atomic E-state index is 12.8. The van der Waals surface area contributed by atoms with Gasteiger partial charge >= 0.3 is 0 Å². The lowest BCUT2D eigenvalue weighted by atomic mass is 9.97. The van der Waals surface area contributed by atoms with Gasteiger partial charge in [0, 0.05) is 17.6 Å². The Morgan fingerprint density at radius 1 is 1.33 bits per heavy atom. The van der Waals surface area contributed by atoms with E-state index >= 15 is 0 Å². The molecule has 1 amide bonds. The van der Waals surface area contributed by atoms with Crippen LogP contribution < -0.4 is 4.74 Å². The first-order valence-corrected chi connectivity index (χ1v) is 8.07. The summed E-state index contributed by atoms with van der Waals surface area (Å²) in [5.41, 5.74) is -0.863. The number of halogens is 1. The van der Waals surface area contributed by atoms with Gasteiger partial charge in [-0.15, -0.1) is 0 Å². The Kier molecular flexibility index (Phi) is 5.15. The van der Waals surface area contributed by atoms with E-state index in [0.717, 1.165) is 25.8 Å². The Morgan fingerprint density at radius 3 is 2.62 bits per heavy atom. The van der Waals surface area contributed by atoms with E-state index in [0.29, 0.717) is 16.8 Å². The third-order valence-electron chi connectivity index (χ3n) is 4.06. The van der Waals surface area contributed by atoms with Gasteiger partial charge in [0.2, 0.25) is 0 Å². The summed E-state index contributed by atoms with van der Waals surface area (Å²) in [5, 5.41) is 0.661. The molecule has 0 aliphatic carbocycles. The first-order valence-electron chi connectivity index (χ1n) is 7.69. The summed E-state index contributed by atoms with van der Waals surface area (Å²) in [6.45, 7) is 6.66. The van der Waals surface area contributed by atoms with Crippen molar-refractivity contribution in [2.24, 2.45) is 0 Å². The number of likely N-dealkylation sites (tertiary alicyclic amines) is 1. The van der Waals surface area contributed by atoms with Crippen LogP contribution in [0.25, 0.3) is 0 Å². The molecule has 0 aromatic heterocycles. The molecule has 0 radical (unpaired) electrons. The number of hydrogen-bond acceptors (Lipinski definition) is 2. The first kappa shape index (κ1) is 16.2. The molecule has 1 aliphatic heterocycles. The van der Waals surface area contributed by atoms with E-state index in [1.54, 1.807) is 24.3 Å². The molecular formula is C17H24ClNO2. The summed E-state index contributed by atoms with van der Waals surface area (Å²) in [4.78, 5) is 14.8. The van der Waals surface area contributed by atoms with Crippen LogP contribution in [0.3, 0.4) is 0 Å². The normalized spacial score (nSPS) is 19.4. The number of amides is 1. The number of rotatable bonds is 4. The highest BCUT2D eigenvalue weighted by atomic mass is 35.5. The molecule has 1 fully saturated rings. The van der Waals surface area contributed by atoms with Crippen LogP contribution in [0.4, 0.5) is 0 Å². The van der Waals surface area contributed by atoms with E-state index in [2.05, 4.69) is 6.92 Å². The van der Waals surface area contributed by atoms with E-state index in [-0.39, 0.29) is 5.91 Å². The maximum atomic E-state index is 12.8. The molecule has 1 aliphatic rings. The number of carbonyl (C=O) groups is 1. The third kappa shape index (κ3) is 3.91. The van der Waals surface area contributed by atoms with Gasteiger partial charge in [-0.2, -0.15) is 0 Å². The van der Waals surface area contributed by atoms with Crippen molar-refractivity contribution in [2.75, 3.05) is 6.54 Å². The summed E-state index contributed by atoms with van der Waals surface area (Å²) in [6, 6.07) is 7.48. The van der Waals surface area contributed by atoms with Crippen LogP contribution >= 0.6 is 11.6 Å². The van der Waals surface area contributed by atoms with E-state index in [4.69, 9.17) is 16.3 Å². The minimum absolute atomic E-state index is 0.0731. The SMILES string of the molecule is CC[C@@H]1CCCCN1C(=O)C(C)(C)Oc1ccc(Cl)cc1. The van der Waals surface area contributed by atoms with Gasteiger partial charge in [-0.3, -0.25) is 4.79 Å². The molecule has 0 bridgehead atoms. The highest BCUT2D eigenvalue weighted by molar-refractivity contribution is 6.30. The Morgan fingerprint density at radius 2 is 2.00 bits per heavy atom. The predicted molar refractivity (Wildman–Crippen MR) is 85.8 cm³/mol. The van der Waals surface area contributed by atoms with Crippen LogP contribution in [0, 0.1) is 0 Å². The Hall–Kier alpha value is -1.22. The van der Waals surface area contributed by atoms with Crippen LogP contribution in [-0.2, 0) is 4.79 Å². The number of piperidine rings is 1. The van der Waals surface area contributed by atoms with Gasteiger partial charge in [-0.05, 0) is 63.8 Å². The number of carbonyl (C=O) groups excluding carboxylic acids is 1. The van der Waals surface area contributed by atoms with Gasteiger partial charge in [0.05, 0.1) is 0 Å². The Labute approximate surface area is 132 Å². The molecule has 21 heavy (non-hydrogen) atoms. The average molecular weight is 310 g/mol. The highest BCUT2D eigenvalue weighted by Crippen LogP contribution is 2.26. The second-order valence-electron chi connectivity index (χ2n) is 6.12. The van der Waals surface area contributed by atoms with Crippen LogP contribution in [0.2, 0.25) is 5.02 Å². The lowest BCUT2D eigenvalue weighted by Gasteiger charge is -2.40. The van der Waals surface area contributed by atoms with E-state index in [1.165, 1.54) is 6.42 Å². The molecule has 1 atom stereocenters. The molecular weight excluding hydrogens is 286 g/mol. The Balaban J connectivity index is 2.10. The zero-order chi connectivity index (χ0) is 15.5. The van der Waals surface area contributed by atoms with E-state index < -0.39 is 5.60 Å². The first-order chi connectivity index (χ1) is 9.94. The standard InChI is InChI=1S/C17H24ClNO2/c1-4-14-7-5-6-12-19(14)16(20)17(2,3)21-15-10-8-13(18)9-11-15/h8-11,14H,4-7,12H2,1-3H3/t14-/m1/s1. The molecule has 1 saturated heterocycles. The second-order valence-corrected chi connectivity index (χ2v) is 6.56. The van der Waals surface area contributed by atoms with Gasteiger partial charge in [-0.25, -0.2) is 0 Å². The molecule has 0 saturated carbocycles. The molecule has 3 nitrogen and oxygen atoms in total. The summed E-state index contributed by atoms with van der Waals surface area (Å²) < 4.78 is 5.91. The summed E-state index contributed by atoms with van der Waals surface area (Å²) >= 11 is 5.87. The van der Waals surface area contributed by atoms with E-state index in [1.807, 2.05) is 18.7 Å². The van der Waals surface area contributed by atoms with Crippen molar-refractivity contribution in [3.05, 3.63) is 29.3 Å². The molecule has 0 spiro atoms. The van der Waals surface area contributed by atoms with Gasteiger partial charge < -0.3 is 9.64 Å². The fourth-order valence-electron chi connectivity index (χ4n) is 2.88. The van der Waals surface area contributed by atoms with Gasteiger partial charge in [-0.1, -0.05) is 18.5 Å². The molecule has 1 aromatic carbocycles. The number of benzene rings is 1. The number of ether oxygens (including phenoxy) is 1. The second kappa shape index (κ2) is 6.69. The molecule has 1 aromatic rings. The zero-order valence-electron chi connectivity index (χ0n) is 13.1. The van der Waals surface area contributed by atoms with Crippen molar-refractivity contribution >= 4 is 17.5 Å². The van der Waals surface area contributed by atoms with E-state index in [9.17, 15) is 4.79 Å². The smallest absolute Gasteiger partial charge is 0.266 e. The number of nitrogens with zero attached hydrogens (tertiary/aromatic N) is 1. The van der Waals surface area contributed by atoms with Crippen molar-refractivity contribution in [1.29, 1.82) is 0 Å². The average Bonchev–Trinajstić information content (AvgIpc) is 2.48. The van der Waals surface area contributed by atoms with Crippen molar-refractivity contribution in [1.82, 2.24) is 4.90 Å². The van der Waals surface area contributed by atoms with Crippen molar-refractivity contribution in [3.63, 3.8) is 0 Å². The minimum atomic E-state index is -0.863. The summed E-state index contributed by atoms with van der Waals surface area (Å²) in [7, 11) is 0. The molecule has 4 heteroatoms. The number of hydrogen-bond donors (Lipinski definition) is 0. The maximum Gasteiger partial charge on any atom is 0.266 e. The van der Waals surface area contributed by atoms with Gasteiger partial charge in [0.15, 0.2) is 5.60 Å². The quantitative estimate of drug-likeness (QED) is 0.830. The molecule has 116 valence electrons. The van der Waals surface area contributed by atoms with Gasteiger partial charge in [0.25, 0.3) is 5.91 Å².